The van der Waals surface area contributed by atoms with Crippen molar-refractivity contribution in [3.05, 3.63) is 98.4 Å². The van der Waals surface area contributed by atoms with Gasteiger partial charge in [0, 0.05) is 29.1 Å². The van der Waals surface area contributed by atoms with E-state index in [0.29, 0.717) is 26.7 Å². The normalized spacial score (nSPS) is 11.7. The van der Waals surface area contributed by atoms with Crippen molar-refractivity contribution in [2.75, 3.05) is 6.61 Å². The van der Waals surface area contributed by atoms with E-state index in [1.165, 1.54) is 4.90 Å². The lowest BCUT2D eigenvalue weighted by atomic mass is 10.0. The van der Waals surface area contributed by atoms with Crippen molar-refractivity contribution >= 4 is 50.9 Å². The van der Waals surface area contributed by atoms with Crippen molar-refractivity contribution in [1.29, 1.82) is 0 Å². The van der Waals surface area contributed by atoms with Gasteiger partial charge in [-0.05, 0) is 65.2 Å². The standard InChI is InChI=1S/C27H27BrCl2N2O3/c1-18(2)31-27(34)24(14-19-8-4-3-5-9-19)32(16-20-10-6-7-11-23(20)30)26(33)17-35-25-13-12-21(29)15-22(25)28/h3-13,15,18,24H,14,16-17H2,1-2H3,(H,31,34)/t24-/m1/s1. The molecule has 1 N–H and O–H groups in total. The molecule has 0 unspecified atom stereocenters. The molecule has 3 aromatic carbocycles. The van der Waals surface area contributed by atoms with Crippen LogP contribution < -0.4 is 10.1 Å². The molecule has 0 heterocycles. The molecule has 0 saturated heterocycles. The van der Waals surface area contributed by atoms with Crippen LogP contribution in [-0.2, 0) is 22.6 Å². The molecule has 1 atom stereocenters. The van der Waals surface area contributed by atoms with Crippen molar-refractivity contribution < 1.29 is 14.3 Å². The van der Waals surface area contributed by atoms with Gasteiger partial charge in [-0.3, -0.25) is 9.59 Å². The zero-order chi connectivity index (χ0) is 25.4. The fourth-order valence-corrected chi connectivity index (χ4v) is 4.55. The van der Waals surface area contributed by atoms with Crippen molar-refractivity contribution in [3.63, 3.8) is 0 Å². The van der Waals surface area contributed by atoms with Crippen molar-refractivity contribution in [2.45, 2.75) is 38.9 Å². The summed E-state index contributed by atoms with van der Waals surface area (Å²) in [7, 11) is 0. The predicted molar refractivity (Wildman–Crippen MR) is 144 cm³/mol. The molecule has 0 saturated carbocycles. The number of rotatable bonds is 10. The van der Waals surface area contributed by atoms with Gasteiger partial charge in [-0.1, -0.05) is 71.7 Å². The quantitative estimate of drug-likeness (QED) is 0.308. The number of hydrogen-bond donors (Lipinski definition) is 1. The van der Waals surface area contributed by atoms with Crippen LogP contribution in [0.25, 0.3) is 0 Å². The molecule has 35 heavy (non-hydrogen) atoms. The van der Waals surface area contributed by atoms with Crippen LogP contribution in [-0.4, -0.2) is 35.4 Å². The molecule has 0 spiro atoms. The fourth-order valence-electron chi connectivity index (χ4n) is 3.56. The summed E-state index contributed by atoms with van der Waals surface area (Å²) >= 11 is 15.8. The Morgan fingerprint density at radius 1 is 1.00 bits per heavy atom. The van der Waals surface area contributed by atoms with Crippen LogP contribution in [0.3, 0.4) is 0 Å². The molecular formula is C27H27BrCl2N2O3. The highest BCUT2D eigenvalue weighted by molar-refractivity contribution is 9.10. The summed E-state index contributed by atoms with van der Waals surface area (Å²) in [5, 5.41) is 4.03. The van der Waals surface area contributed by atoms with Gasteiger partial charge in [-0.15, -0.1) is 0 Å². The lowest BCUT2D eigenvalue weighted by Gasteiger charge is -2.32. The first-order chi connectivity index (χ1) is 16.7. The molecule has 5 nitrogen and oxygen atoms in total. The minimum atomic E-state index is -0.763. The van der Waals surface area contributed by atoms with E-state index in [2.05, 4.69) is 21.2 Å². The molecule has 2 amide bonds. The van der Waals surface area contributed by atoms with E-state index in [0.717, 1.165) is 11.1 Å². The summed E-state index contributed by atoms with van der Waals surface area (Å²) in [6.07, 6.45) is 0.347. The van der Waals surface area contributed by atoms with E-state index in [1.807, 2.05) is 62.4 Å². The second kappa shape index (κ2) is 13.0. The van der Waals surface area contributed by atoms with Gasteiger partial charge in [-0.25, -0.2) is 0 Å². The number of amides is 2. The molecule has 3 aromatic rings. The minimum Gasteiger partial charge on any atom is -0.483 e. The molecule has 0 bridgehead atoms. The molecule has 0 aliphatic rings. The first-order valence-corrected chi connectivity index (χ1v) is 12.7. The number of nitrogens with zero attached hydrogens (tertiary/aromatic N) is 1. The first kappa shape index (κ1) is 27.1. The van der Waals surface area contributed by atoms with Crippen molar-refractivity contribution in [3.8, 4) is 5.75 Å². The zero-order valence-electron chi connectivity index (χ0n) is 19.5. The maximum absolute atomic E-state index is 13.6. The molecule has 0 aromatic heterocycles. The lowest BCUT2D eigenvalue weighted by molar-refractivity contribution is -0.143. The first-order valence-electron chi connectivity index (χ1n) is 11.2. The summed E-state index contributed by atoms with van der Waals surface area (Å²) in [6, 6.07) is 21.1. The Kier molecular flexibility index (Phi) is 10.0. The van der Waals surface area contributed by atoms with E-state index in [-0.39, 0.29) is 31.0 Å². The smallest absolute Gasteiger partial charge is 0.261 e. The third-order valence-electron chi connectivity index (χ3n) is 5.25. The average Bonchev–Trinajstić information content (AvgIpc) is 2.82. The largest absolute Gasteiger partial charge is 0.483 e. The van der Waals surface area contributed by atoms with Gasteiger partial charge >= 0.3 is 0 Å². The molecule has 8 heteroatoms. The van der Waals surface area contributed by atoms with Crippen molar-refractivity contribution in [1.82, 2.24) is 10.2 Å². The van der Waals surface area contributed by atoms with Gasteiger partial charge in [0.1, 0.15) is 11.8 Å². The number of carbonyl (C=O) groups excluding carboxylic acids is 2. The molecule has 3 rings (SSSR count). The zero-order valence-corrected chi connectivity index (χ0v) is 22.6. The Morgan fingerprint density at radius 3 is 2.34 bits per heavy atom. The Morgan fingerprint density at radius 2 is 1.69 bits per heavy atom. The maximum atomic E-state index is 13.6. The van der Waals surface area contributed by atoms with E-state index in [4.69, 9.17) is 27.9 Å². The van der Waals surface area contributed by atoms with Gasteiger partial charge in [0.2, 0.25) is 5.91 Å². The number of hydrogen-bond acceptors (Lipinski definition) is 3. The van der Waals surface area contributed by atoms with Crippen LogP contribution >= 0.6 is 39.1 Å². The maximum Gasteiger partial charge on any atom is 0.261 e. The highest BCUT2D eigenvalue weighted by Gasteiger charge is 2.31. The topological polar surface area (TPSA) is 58.6 Å². The number of carbonyl (C=O) groups is 2. The molecule has 0 fully saturated rings. The second-order valence-corrected chi connectivity index (χ2v) is 10.0. The Hall–Kier alpha value is -2.54. The van der Waals surface area contributed by atoms with Crippen LogP contribution in [0, 0.1) is 0 Å². The van der Waals surface area contributed by atoms with Gasteiger partial charge < -0.3 is 15.0 Å². The van der Waals surface area contributed by atoms with Crippen molar-refractivity contribution in [2.24, 2.45) is 0 Å². The van der Waals surface area contributed by atoms with Crippen LogP contribution in [0.1, 0.15) is 25.0 Å². The molecule has 0 aliphatic carbocycles. The van der Waals surface area contributed by atoms with E-state index >= 15 is 0 Å². The molecular weight excluding hydrogens is 551 g/mol. The van der Waals surface area contributed by atoms with Crippen LogP contribution in [0.2, 0.25) is 10.0 Å². The lowest BCUT2D eigenvalue weighted by Crippen LogP contribution is -2.52. The fraction of sp³-hybridized carbons (Fsp3) is 0.259. The number of halogens is 3. The number of ether oxygens (including phenoxy) is 1. The molecule has 184 valence electrons. The molecule has 0 radical (unpaired) electrons. The van der Waals surface area contributed by atoms with E-state index in [9.17, 15) is 9.59 Å². The highest BCUT2D eigenvalue weighted by atomic mass is 79.9. The van der Waals surface area contributed by atoms with Gasteiger partial charge in [0.25, 0.3) is 5.91 Å². The van der Waals surface area contributed by atoms with Crippen LogP contribution in [0.15, 0.2) is 77.3 Å². The predicted octanol–water partition coefficient (Wildman–Crippen LogP) is 6.30. The number of nitrogens with one attached hydrogen (secondary N) is 1. The number of benzene rings is 3. The third-order valence-corrected chi connectivity index (χ3v) is 6.47. The SMILES string of the molecule is CC(C)NC(=O)[C@@H](Cc1ccccc1)N(Cc1ccccc1Cl)C(=O)COc1ccc(Cl)cc1Br. The monoisotopic (exact) mass is 576 g/mol. The Bertz CT molecular complexity index is 1160. The van der Waals surface area contributed by atoms with E-state index in [1.54, 1.807) is 24.3 Å². The average molecular weight is 578 g/mol. The Balaban J connectivity index is 1.93. The Labute approximate surface area is 224 Å². The summed E-state index contributed by atoms with van der Waals surface area (Å²) in [5.41, 5.74) is 1.68. The van der Waals surface area contributed by atoms with E-state index < -0.39 is 6.04 Å². The third kappa shape index (κ3) is 7.99. The summed E-state index contributed by atoms with van der Waals surface area (Å²) < 4.78 is 6.44. The van der Waals surface area contributed by atoms with Gasteiger partial charge in [0.15, 0.2) is 6.61 Å². The second-order valence-electron chi connectivity index (χ2n) is 8.35. The summed E-state index contributed by atoms with van der Waals surface area (Å²) in [5.74, 6) is -0.102. The summed E-state index contributed by atoms with van der Waals surface area (Å²) in [4.78, 5) is 28.5. The minimum absolute atomic E-state index is 0.0840. The molecule has 0 aliphatic heterocycles. The van der Waals surface area contributed by atoms with Gasteiger partial charge in [-0.2, -0.15) is 0 Å². The van der Waals surface area contributed by atoms with Crippen LogP contribution in [0.5, 0.6) is 5.75 Å². The van der Waals surface area contributed by atoms with Crippen LogP contribution in [0.4, 0.5) is 0 Å². The van der Waals surface area contributed by atoms with Gasteiger partial charge in [0.05, 0.1) is 4.47 Å². The summed E-state index contributed by atoms with van der Waals surface area (Å²) in [6.45, 7) is 3.68. The highest BCUT2D eigenvalue weighted by Crippen LogP contribution is 2.28.